The highest BCUT2D eigenvalue weighted by molar-refractivity contribution is 7.98. The van der Waals surface area contributed by atoms with Crippen molar-refractivity contribution in [1.82, 2.24) is 0 Å². The summed E-state index contributed by atoms with van der Waals surface area (Å²) in [4.78, 5) is 12.5. The lowest BCUT2D eigenvalue weighted by atomic mass is 10.1. The van der Waals surface area contributed by atoms with Crippen molar-refractivity contribution < 1.29 is 23.1 Å². The topological polar surface area (TPSA) is 40.5 Å². The maximum Gasteiger partial charge on any atom is 0.405 e. The number of nitrogens with zero attached hydrogens (tertiary/aromatic N) is 1. The first-order valence-corrected chi connectivity index (χ1v) is 6.17. The van der Waals surface area contributed by atoms with Crippen LogP contribution >= 0.6 is 11.8 Å². The van der Waals surface area contributed by atoms with Crippen molar-refractivity contribution in [2.24, 2.45) is 0 Å². The number of aromatic carboxylic acids is 1. The Morgan fingerprint density at radius 3 is 2.50 bits per heavy atom. The number of benzene rings is 1. The summed E-state index contributed by atoms with van der Waals surface area (Å²) >= 11 is 1.18. The van der Waals surface area contributed by atoms with Gasteiger partial charge in [-0.05, 0) is 18.4 Å². The van der Waals surface area contributed by atoms with Crippen LogP contribution in [0.3, 0.4) is 0 Å². The zero-order valence-corrected chi connectivity index (χ0v) is 10.6. The lowest BCUT2D eigenvalue weighted by Crippen LogP contribution is -2.32. The summed E-state index contributed by atoms with van der Waals surface area (Å²) in [6, 6.07) is 4.48. The van der Waals surface area contributed by atoms with Gasteiger partial charge < -0.3 is 10.0 Å². The standard InChI is InChI=1S/C11H12F3NO2S/c1-15(6-11(12,13)14)7-4-3-5-8(18-2)9(7)10(16)17/h3-5H,6H2,1-2H3,(H,16,17). The highest BCUT2D eigenvalue weighted by Crippen LogP contribution is 2.30. The van der Waals surface area contributed by atoms with Crippen LogP contribution in [0.15, 0.2) is 23.1 Å². The molecule has 0 heterocycles. The summed E-state index contributed by atoms with van der Waals surface area (Å²) in [6.07, 6.45) is -2.70. The van der Waals surface area contributed by atoms with Gasteiger partial charge in [0.25, 0.3) is 0 Å². The summed E-state index contributed by atoms with van der Waals surface area (Å²) < 4.78 is 36.9. The fourth-order valence-electron chi connectivity index (χ4n) is 1.58. The van der Waals surface area contributed by atoms with Crippen molar-refractivity contribution in [1.29, 1.82) is 0 Å². The number of thioether (sulfide) groups is 1. The third-order valence-corrected chi connectivity index (χ3v) is 3.05. The Labute approximate surface area is 107 Å². The number of carbonyl (C=O) groups is 1. The molecule has 0 atom stereocenters. The molecular formula is C11H12F3NO2S. The molecule has 0 spiro atoms. The zero-order chi connectivity index (χ0) is 13.9. The largest absolute Gasteiger partial charge is 0.478 e. The number of carboxylic acid groups (broad SMARTS) is 1. The van der Waals surface area contributed by atoms with Gasteiger partial charge in [-0.2, -0.15) is 13.2 Å². The Hall–Kier alpha value is -1.37. The second-order valence-corrected chi connectivity index (χ2v) is 4.48. The summed E-state index contributed by atoms with van der Waals surface area (Å²) in [5.74, 6) is -1.23. The van der Waals surface area contributed by atoms with E-state index in [1.807, 2.05) is 0 Å². The molecule has 1 rings (SSSR count). The molecule has 1 aromatic carbocycles. The highest BCUT2D eigenvalue weighted by Gasteiger charge is 2.31. The lowest BCUT2D eigenvalue weighted by Gasteiger charge is -2.23. The molecule has 100 valence electrons. The normalized spacial score (nSPS) is 11.4. The number of hydrogen-bond acceptors (Lipinski definition) is 3. The first-order chi connectivity index (χ1) is 8.26. The van der Waals surface area contributed by atoms with Gasteiger partial charge in [-0.25, -0.2) is 4.79 Å². The Bertz CT molecular complexity index is 448. The van der Waals surface area contributed by atoms with Crippen LogP contribution in [0.4, 0.5) is 18.9 Å². The van der Waals surface area contributed by atoms with Crippen LogP contribution < -0.4 is 4.90 Å². The molecule has 0 radical (unpaired) electrons. The first-order valence-electron chi connectivity index (χ1n) is 4.94. The van der Waals surface area contributed by atoms with Gasteiger partial charge in [-0.15, -0.1) is 11.8 Å². The van der Waals surface area contributed by atoms with Gasteiger partial charge in [0.2, 0.25) is 0 Å². The Balaban J connectivity index is 3.19. The molecule has 0 unspecified atom stereocenters. The molecule has 0 aliphatic carbocycles. The van der Waals surface area contributed by atoms with E-state index in [1.54, 1.807) is 18.4 Å². The zero-order valence-electron chi connectivity index (χ0n) is 9.78. The van der Waals surface area contributed by atoms with Crippen molar-refractivity contribution in [3.63, 3.8) is 0 Å². The van der Waals surface area contributed by atoms with Crippen LogP contribution in [0, 0.1) is 0 Å². The molecule has 1 aromatic rings. The summed E-state index contributed by atoms with van der Waals surface area (Å²) in [5, 5.41) is 9.10. The Kier molecular flexibility index (Phi) is 4.50. The molecule has 18 heavy (non-hydrogen) atoms. The first kappa shape index (κ1) is 14.7. The number of anilines is 1. The van der Waals surface area contributed by atoms with E-state index < -0.39 is 18.7 Å². The van der Waals surface area contributed by atoms with E-state index in [0.29, 0.717) is 4.90 Å². The number of halogens is 3. The van der Waals surface area contributed by atoms with Crippen LogP contribution in [0.2, 0.25) is 0 Å². The molecule has 3 nitrogen and oxygen atoms in total. The maximum absolute atomic E-state index is 12.3. The molecule has 0 amide bonds. The van der Waals surface area contributed by atoms with E-state index in [1.165, 1.54) is 24.9 Å². The second-order valence-electron chi connectivity index (χ2n) is 3.63. The van der Waals surface area contributed by atoms with Crippen LogP contribution in [0.5, 0.6) is 0 Å². The fraction of sp³-hybridized carbons (Fsp3) is 0.364. The number of rotatable bonds is 4. The van der Waals surface area contributed by atoms with Crippen LogP contribution in [0.25, 0.3) is 0 Å². The van der Waals surface area contributed by atoms with E-state index >= 15 is 0 Å². The third-order valence-electron chi connectivity index (χ3n) is 2.27. The van der Waals surface area contributed by atoms with Gasteiger partial charge in [0, 0.05) is 11.9 Å². The van der Waals surface area contributed by atoms with Gasteiger partial charge >= 0.3 is 12.1 Å². The highest BCUT2D eigenvalue weighted by atomic mass is 32.2. The monoisotopic (exact) mass is 279 g/mol. The van der Waals surface area contributed by atoms with Crippen molar-refractivity contribution in [3.05, 3.63) is 23.8 Å². The van der Waals surface area contributed by atoms with Crippen molar-refractivity contribution in [2.45, 2.75) is 11.1 Å². The maximum atomic E-state index is 12.3. The van der Waals surface area contributed by atoms with E-state index in [4.69, 9.17) is 5.11 Å². The van der Waals surface area contributed by atoms with E-state index in [9.17, 15) is 18.0 Å². The summed E-state index contributed by atoms with van der Waals surface area (Å²) in [7, 11) is 1.22. The summed E-state index contributed by atoms with van der Waals surface area (Å²) in [5.41, 5.74) is -0.0385. The number of hydrogen-bond donors (Lipinski definition) is 1. The Morgan fingerprint density at radius 2 is 2.06 bits per heavy atom. The predicted molar refractivity (Wildman–Crippen MR) is 64.5 cm³/mol. The SMILES string of the molecule is CSc1cccc(N(C)CC(F)(F)F)c1C(=O)O. The second kappa shape index (κ2) is 5.51. The molecule has 0 saturated carbocycles. The number of carboxylic acids is 1. The van der Waals surface area contributed by atoms with Crippen LogP contribution in [0.1, 0.15) is 10.4 Å². The van der Waals surface area contributed by atoms with Gasteiger partial charge in [0.05, 0.1) is 11.3 Å². The average Bonchev–Trinajstić information content (AvgIpc) is 2.25. The Morgan fingerprint density at radius 1 is 1.44 bits per heavy atom. The minimum atomic E-state index is -4.38. The van der Waals surface area contributed by atoms with Gasteiger partial charge in [0.1, 0.15) is 6.54 Å². The molecule has 0 fully saturated rings. The predicted octanol–water partition coefficient (Wildman–Crippen LogP) is 3.11. The molecule has 0 saturated heterocycles. The quantitative estimate of drug-likeness (QED) is 0.860. The smallest absolute Gasteiger partial charge is 0.405 e. The van der Waals surface area contributed by atoms with Crippen molar-refractivity contribution >= 4 is 23.4 Å². The van der Waals surface area contributed by atoms with Gasteiger partial charge in [-0.3, -0.25) is 0 Å². The van der Waals surface area contributed by atoms with Crippen molar-refractivity contribution in [3.8, 4) is 0 Å². The molecule has 0 bridgehead atoms. The minimum Gasteiger partial charge on any atom is -0.478 e. The van der Waals surface area contributed by atoms with E-state index in [0.717, 1.165) is 4.90 Å². The van der Waals surface area contributed by atoms with Crippen LogP contribution in [-0.2, 0) is 0 Å². The molecule has 0 aromatic heterocycles. The van der Waals surface area contributed by atoms with E-state index in [2.05, 4.69) is 0 Å². The number of alkyl halides is 3. The van der Waals surface area contributed by atoms with Gasteiger partial charge in [0.15, 0.2) is 0 Å². The molecule has 1 N–H and O–H groups in total. The fourth-order valence-corrected chi connectivity index (χ4v) is 2.19. The van der Waals surface area contributed by atoms with E-state index in [-0.39, 0.29) is 11.3 Å². The van der Waals surface area contributed by atoms with Crippen molar-refractivity contribution in [2.75, 3.05) is 24.7 Å². The molecule has 7 heteroatoms. The molecule has 0 aliphatic heterocycles. The molecular weight excluding hydrogens is 267 g/mol. The van der Waals surface area contributed by atoms with Crippen LogP contribution in [-0.4, -0.2) is 37.1 Å². The van der Waals surface area contributed by atoms with Gasteiger partial charge in [-0.1, -0.05) is 6.07 Å². The molecule has 0 aliphatic rings. The average molecular weight is 279 g/mol. The third kappa shape index (κ3) is 3.56. The summed E-state index contributed by atoms with van der Waals surface area (Å²) in [6.45, 7) is -1.19. The lowest BCUT2D eigenvalue weighted by molar-refractivity contribution is -0.119. The minimum absolute atomic E-state index is 0.0617.